The molecule has 2 atom stereocenters. The molecule has 0 radical (unpaired) electrons. The number of ether oxygens (including phenoxy) is 1. The van der Waals surface area contributed by atoms with Crippen molar-refractivity contribution >= 4 is 5.91 Å². The van der Waals surface area contributed by atoms with Gasteiger partial charge in [0.1, 0.15) is 0 Å². The van der Waals surface area contributed by atoms with E-state index >= 15 is 0 Å². The monoisotopic (exact) mass is 214 g/mol. The fraction of sp³-hybridized carbons (Fsp3) is 0.909. The molecule has 0 aliphatic carbocycles. The van der Waals surface area contributed by atoms with E-state index in [1.54, 1.807) is 7.11 Å². The fourth-order valence-corrected chi connectivity index (χ4v) is 2.65. The average molecular weight is 214 g/mol. The molecule has 1 amide bonds. The Hall–Kier alpha value is -0.610. The van der Waals surface area contributed by atoms with Crippen LogP contribution < -0.4 is 5.73 Å². The van der Waals surface area contributed by atoms with Crippen LogP contribution in [0.15, 0.2) is 0 Å². The van der Waals surface area contributed by atoms with E-state index in [2.05, 4.69) is 13.8 Å². The number of hydrogen-bond acceptors (Lipinski definition) is 3. The van der Waals surface area contributed by atoms with E-state index in [4.69, 9.17) is 10.5 Å². The van der Waals surface area contributed by atoms with Crippen molar-refractivity contribution in [2.45, 2.75) is 39.3 Å². The zero-order valence-corrected chi connectivity index (χ0v) is 10.1. The lowest BCUT2D eigenvalue weighted by Gasteiger charge is -2.38. The average Bonchev–Trinajstić information content (AvgIpc) is 2.40. The van der Waals surface area contributed by atoms with Crippen molar-refractivity contribution in [3.8, 4) is 0 Å². The number of carbonyl (C=O) groups is 1. The molecule has 2 N–H and O–H groups in total. The first-order valence-corrected chi connectivity index (χ1v) is 5.48. The van der Waals surface area contributed by atoms with E-state index in [-0.39, 0.29) is 23.4 Å². The Balaban J connectivity index is 2.86. The highest BCUT2D eigenvalue weighted by atomic mass is 16.5. The molecule has 4 heteroatoms. The van der Waals surface area contributed by atoms with Crippen LogP contribution >= 0.6 is 0 Å². The third-order valence-corrected chi connectivity index (χ3v) is 3.13. The lowest BCUT2D eigenvalue weighted by molar-refractivity contribution is -0.130. The summed E-state index contributed by atoms with van der Waals surface area (Å²) in [5.41, 5.74) is 5.95. The van der Waals surface area contributed by atoms with E-state index in [9.17, 15) is 4.79 Å². The van der Waals surface area contributed by atoms with Gasteiger partial charge in [-0.15, -0.1) is 0 Å². The Morgan fingerprint density at radius 3 is 2.67 bits per heavy atom. The Kier molecular flexibility index (Phi) is 3.73. The summed E-state index contributed by atoms with van der Waals surface area (Å²) in [4.78, 5) is 13.6. The van der Waals surface area contributed by atoms with E-state index in [0.717, 1.165) is 6.54 Å². The van der Waals surface area contributed by atoms with Crippen molar-refractivity contribution < 1.29 is 9.53 Å². The van der Waals surface area contributed by atoms with Crippen LogP contribution in [0.5, 0.6) is 0 Å². The van der Waals surface area contributed by atoms with Gasteiger partial charge in [0.05, 0.1) is 12.6 Å². The molecule has 1 heterocycles. The van der Waals surface area contributed by atoms with E-state index in [1.807, 2.05) is 11.8 Å². The molecule has 0 saturated carbocycles. The maximum absolute atomic E-state index is 11.7. The third-order valence-electron chi connectivity index (χ3n) is 3.13. The van der Waals surface area contributed by atoms with Gasteiger partial charge in [-0.2, -0.15) is 0 Å². The summed E-state index contributed by atoms with van der Waals surface area (Å²) in [6.07, 6.45) is 0.464. The van der Waals surface area contributed by atoms with Crippen molar-refractivity contribution in [3.63, 3.8) is 0 Å². The fourth-order valence-electron chi connectivity index (χ4n) is 2.65. The molecule has 0 bridgehead atoms. The van der Waals surface area contributed by atoms with Gasteiger partial charge in [0.2, 0.25) is 5.91 Å². The number of nitrogens with zero attached hydrogens (tertiary/aromatic N) is 1. The summed E-state index contributed by atoms with van der Waals surface area (Å²) in [5, 5.41) is 0. The lowest BCUT2D eigenvalue weighted by atomic mass is 9.81. The topological polar surface area (TPSA) is 55.6 Å². The normalized spacial score (nSPS) is 27.5. The molecule has 1 saturated heterocycles. The number of rotatable bonds is 4. The van der Waals surface area contributed by atoms with Gasteiger partial charge in [-0.25, -0.2) is 0 Å². The SMILES string of the molecule is CCN1C(=O)C[C@H](N)[C@H]1C(C)(C)COC. The number of carbonyl (C=O) groups excluding carboxylic acids is 1. The quantitative estimate of drug-likeness (QED) is 0.746. The van der Waals surface area contributed by atoms with Crippen LogP contribution in [-0.4, -0.2) is 43.2 Å². The molecule has 0 aromatic carbocycles. The highest BCUT2D eigenvalue weighted by Gasteiger charge is 2.45. The van der Waals surface area contributed by atoms with Crippen molar-refractivity contribution in [3.05, 3.63) is 0 Å². The molecule has 0 aromatic heterocycles. The van der Waals surface area contributed by atoms with Crippen LogP contribution in [0.1, 0.15) is 27.2 Å². The lowest BCUT2D eigenvalue weighted by Crippen LogP contribution is -2.51. The van der Waals surface area contributed by atoms with Crippen molar-refractivity contribution in [1.29, 1.82) is 0 Å². The second kappa shape index (κ2) is 4.49. The van der Waals surface area contributed by atoms with Crippen molar-refractivity contribution in [1.82, 2.24) is 4.90 Å². The summed E-state index contributed by atoms with van der Waals surface area (Å²) in [6, 6.07) is 0.0255. The van der Waals surface area contributed by atoms with Crippen LogP contribution in [-0.2, 0) is 9.53 Å². The van der Waals surface area contributed by atoms with Gasteiger partial charge in [-0.05, 0) is 6.92 Å². The van der Waals surface area contributed by atoms with Crippen LogP contribution in [0.4, 0.5) is 0 Å². The first-order chi connectivity index (χ1) is 6.94. The first kappa shape index (κ1) is 12.5. The van der Waals surface area contributed by atoms with Crippen LogP contribution in [0.3, 0.4) is 0 Å². The Morgan fingerprint density at radius 1 is 1.60 bits per heavy atom. The summed E-state index contributed by atoms with van der Waals surface area (Å²) < 4.78 is 5.20. The number of nitrogens with two attached hydrogens (primary N) is 1. The highest BCUT2D eigenvalue weighted by molar-refractivity contribution is 5.80. The number of hydrogen-bond donors (Lipinski definition) is 1. The Bertz CT molecular complexity index is 241. The van der Waals surface area contributed by atoms with Gasteiger partial charge in [-0.3, -0.25) is 4.79 Å². The standard InChI is InChI=1S/C11H22N2O2/c1-5-13-9(14)6-8(12)10(13)11(2,3)7-15-4/h8,10H,5-7,12H2,1-4H3/t8-,10-/m0/s1. The minimum Gasteiger partial charge on any atom is -0.384 e. The summed E-state index contributed by atoms with van der Waals surface area (Å²) in [6.45, 7) is 7.54. The van der Waals surface area contributed by atoms with E-state index in [1.165, 1.54) is 0 Å². The maximum atomic E-state index is 11.7. The number of methoxy groups -OCH3 is 1. The molecule has 4 nitrogen and oxygen atoms in total. The molecule has 1 aliphatic rings. The van der Waals surface area contributed by atoms with Gasteiger partial charge in [0.15, 0.2) is 0 Å². The molecule has 0 aromatic rings. The van der Waals surface area contributed by atoms with Gasteiger partial charge < -0.3 is 15.4 Å². The van der Waals surface area contributed by atoms with Crippen LogP contribution in [0.25, 0.3) is 0 Å². The number of amides is 1. The van der Waals surface area contributed by atoms with Gasteiger partial charge in [0, 0.05) is 31.5 Å². The predicted octanol–water partition coefficient (Wildman–Crippen LogP) is 0.607. The largest absolute Gasteiger partial charge is 0.384 e. The Morgan fingerprint density at radius 2 is 2.20 bits per heavy atom. The molecule has 1 rings (SSSR count). The zero-order chi connectivity index (χ0) is 11.6. The van der Waals surface area contributed by atoms with Crippen molar-refractivity contribution in [2.75, 3.05) is 20.3 Å². The molecule has 0 unspecified atom stereocenters. The molecule has 1 aliphatic heterocycles. The second-order valence-electron chi connectivity index (χ2n) is 4.91. The van der Waals surface area contributed by atoms with Crippen molar-refractivity contribution in [2.24, 2.45) is 11.1 Å². The Labute approximate surface area is 91.8 Å². The second-order valence-corrected chi connectivity index (χ2v) is 4.91. The number of likely N-dealkylation sites (tertiary alicyclic amines) is 1. The molecule has 0 spiro atoms. The van der Waals surface area contributed by atoms with Gasteiger partial charge >= 0.3 is 0 Å². The summed E-state index contributed by atoms with van der Waals surface area (Å²) in [5.74, 6) is 0.166. The summed E-state index contributed by atoms with van der Waals surface area (Å²) >= 11 is 0. The van der Waals surface area contributed by atoms with Gasteiger partial charge in [-0.1, -0.05) is 13.8 Å². The maximum Gasteiger partial charge on any atom is 0.224 e. The minimum absolute atomic E-state index is 0.0670. The zero-order valence-electron chi connectivity index (χ0n) is 10.1. The summed E-state index contributed by atoms with van der Waals surface area (Å²) in [7, 11) is 1.68. The van der Waals surface area contributed by atoms with Crippen LogP contribution in [0, 0.1) is 5.41 Å². The van der Waals surface area contributed by atoms with Gasteiger partial charge in [0.25, 0.3) is 0 Å². The third kappa shape index (κ3) is 2.32. The highest BCUT2D eigenvalue weighted by Crippen LogP contribution is 2.33. The van der Waals surface area contributed by atoms with Crippen LogP contribution in [0.2, 0.25) is 0 Å². The minimum atomic E-state index is -0.0870. The predicted molar refractivity (Wildman–Crippen MR) is 59.4 cm³/mol. The first-order valence-electron chi connectivity index (χ1n) is 5.48. The number of likely N-dealkylation sites (N-methyl/N-ethyl adjacent to an activating group) is 1. The molecule has 15 heavy (non-hydrogen) atoms. The molecular weight excluding hydrogens is 192 g/mol. The van der Waals surface area contributed by atoms with E-state index < -0.39 is 0 Å². The molecule has 88 valence electrons. The smallest absolute Gasteiger partial charge is 0.224 e. The van der Waals surface area contributed by atoms with E-state index in [0.29, 0.717) is 13.0 Å². The molecule has 1 fully saturated rings. The molecular formula is C11H22N2O2.